The highest BCUT2D eigenvalue weighted by Crippen LogP contribution is 2.15. The molecule has 0 saturated heterocycles. The van der Waals surface area contributed by atoms with Gasteiger partial charge in [-0.05, 0) is 36.8 Å². The summed E-state index contributed by atoms with van der Waals surface area (Å²) in [7, 11) is 4.01. The number of para-hydroxylation sites is 1. The van der Waals surface area contributed by atoms with Crippen molar-refractivity contribution in [1.82, 2.24) is 15.1 Å². The Balaban J connectivity index is 1.69. The molecule has 1 heterocycles. The van der Waals surface area contributed by atoms with E-state index in [1.807, 2.05) is 80.5 Å². The lowest BCUT2D eigenvalue weighted by Gasteiger charge is -2.13. The fourth-order valence-electron chi connectivity index (χ4n) is 2.65. The third-order valence-electron chi connectivity index (χ3n) is 4.16. The second-order valence-electron chi connectivity index (χ2n) is 6.13. The molecule has 0 saturated carbocycles. The smallest absolute Gasteiger partial charge is 0.255 e. The van der Waals surface area contributed by atoms with Crippen LogP contribution in [0.15, 0.2) is 60.8 Å². The van der Waals surface area contributed by atoms with Gasteiger partial charge in [0.15, 0.2) is 0 Å². The first kappa shape index (κ1) is 16.8. The van der Waals surface area contributed by atoms with Crippen LogP contribution >= 0.6 is 0 Å². The van der Waals surface area contributed by atoms with Gasteiger partial charge in [0, 0.05) is 26.3 Å². The summed E-state index contributed by atoms with van der Waals surface area (Å²) in [5.74, 6) is -0.114. The van der Waals surface area contributed by atoms with Crippen molar-refractivity contribution in [3.63, 3.8) is 0 Å². The minimum Gasteiger partial charge on any atom is -0.378 e. The molecule has 0 unspecified atom stereocenters. The van der Waals surface area contributed by atoms with Crippen molar-refractivity contribution in [3.8, 4) is 5.69 Å². The Hall–Kier alpha value is -3.08. The molecule has 2 aromatic carbocycles. The van der Waals surface area contributed by atoms with E-state index in [1.54, 1.807) is 10.9 Å². The van der Waals surface area contributed by atoms with Crippen LogP contribution < -0.4 is 10.2 Å². The van der Waals surface area contributed by atoms with Crippen molar-refractivity contribution >= 4 is 11.6 Å². The van der Waals surface area contributed by atoms with Crippen LogP contribution in [-0.2, 0) is 6.54 Å². The van der Waals surface area contributed by atoms with Gasteiger partial charge in [0.1, 0.15) is 0 Å². The quantitative estimate of drug-likeness (QED) is 0.780. The zero-order chi connectivity index (χ0) is 17.8. The van der Waals surface area contributed by atoms with Crippen LogP contribution in [0, 0.1) is 6.92 Å². The van der Waals surface area contributed by atoms with E-state index in [0.717, 1.165) is 22.6 Å². The molecule has 0 atom stereocenters. The van der Waals surface area contributed by atoms with Crippen molar-refractivity contribution in [2.45, 2.75) is 13.5 Å². The van der Waals surface area contributed by atoms with E-state index in [2.05, 4.69) is 10.4 Å². The van der Waals surface area contributed by atoms with Gasteiger partial charge in [0.2, 0.25) is 0 Å². The van der Waals surface area contributed by atoms with Gasteiger partial charge in [-0.25, -0.2) is 4.68 Å². The summed E-state index contributed by atoms with van der Waals surface area (Å²) in [6.45, 7) is 2.39. The number of nitrogens with one attached hydrogen (secondary N) is 1. The summed E-state index contributed by atoms with van der Waals surface area (Å²) in [5, 5.41) is 7.31. The lowest BCUT2D eigenvalue weighted by molar-refractivity contribution is 0.0950. The highest BCUT2D eigenvalue weighted by Gasteiger charge is 2.14. The Labute approximate surface area is 147 Å². The maximum atomic E-state index is 12.5. The van der Waals surface area contributed by atoms with Gasteiger partial charge >= 0.3 is 0 Å². The molecule has 0 bridgehead atoms. The SMILES string of the molecule is Cc1c(C(=O)NCc2ccc(N(C)C)cc2)cnn1-c1ccccc1. The molecule has 5 heteroatoms. The number of nitrogens with zero attached hydrogens (tertiary/aromatic N) is 3. The van der Waals surface area contributed by atoms with Gasteiger partial charge in [-0.1, -0.05) is 30.3 Å². The first-order valence-corrected chi connectivity index (χ1v) is 8.21. The first-order valence-electron chi connectivity index (χ1n) is 8.21. The number of benzene rings is 2. The van der Waals surface area contributed by atoms with Crippen LogP contribution in [0.4, 0.5) is 5.69 Å². The first-order chi connectivity index (χ1) is 12.1. The van der Waals surface area contributed by atoms with E-state index in [9.17, 15) is 4.79 Å². The molecule has 25 heavy (non-hydrogen) atoms. The van der Waals surface area contributed by atoms with Gasteiger partial charge < -0.3 is 10.2 Å². The van der Waals surface area contributed by atoms with Gasteiger partial charge in [-0.3, -0.25) is 4.79 Å². The summed E-state index contributed by atoms with van der Waals surface area (Å²) < 4.78 is 1.78. The average Bonchev–Trinajstić information content (AvgIpc) is 3.02. The number of carbonyl (C=O) groups is 1. The number of hydrogen-bond acceptors (Lipinski definition) is 3. The van der Waals surface area contributed by atoms with E-state index >= 15 is 0 Å². The zero-order valence-corrected chi connectivity index (χ0v) is 14.7. The molecule has 0 aliphatic carbocycles. The minimum absolute atomic E-state index is 0.114. The maximum absolute atomic E-state index is 12.5. The van der Waals surface area contributed by atoms with Gasteiger partial charge in [0.25, 0.3) is 5.91 Å². The molecule has 1 amide bonds. The van der Waals surface area contributed by atoms with Crippen LogP contribution in [0.5, 0.6) is 0 Å². The van der Waals surface area contributed by atoms with Crippen LogP contribution in [0.1, 0.15) is 21.6 Å². The molecule has 1 N–H and O–H groups in total. The second kappa shape index (κ2) is 7.21. The highest BCUT2D eigenvalue weighted by molar-refractivity contribution is 5.95. The van der Waals surface area contributed by atoms with Crippen molar-refractivity contribution in [1.29, 1.82) is 0 Å². The summed E-state index contributed by atoms with van der Waals surface area (Å²) in [5.41, 5.74) is 4.56. The Morgan fingerprint density at radius 2 is 1.76 bits per heavy atom. The fourth-order valence-corrected chi connectivity index (χ4v) is 2.65. The van der Waals surface area contributed by atoms with E-state index in [4.69, 9.17) is 0 Å². The van der Waals surface area contributed by atoms with E-state index < -0.39 is 0 Å². The van der Waals surface area contributed by atoms with E-state index in [1.165, 1.54) is 0 Å². The molecule has 0 spiro atoms. The molecule has 5 nitrogen and oxygen atoms in total. The zero-order valence-electron chi connectivity index (χ0n) is 14.7. The van der Waals surface area contributed by atoms with Crippen LogP contribution in [0.3, 0.4) is 0 Å². The lowest BCUT2D eigenvalue weighted by Crippen LogP contribution is -2.23. The number of aromatic nitrogens is 2. The largest absolute Gasteiger partial charge is 0.378 e. The van der Waals surface area contributed by atoms with Crippen molar-refractivity contribution in [2.24, 2.45) is 0 Å². The Morgan fingerprint density at radius 3 is 2.40 bits per heavy atom. The standard InChI is InChI=1S/C20H22N4O/c1-15-19(14-22-24(15)18-7-5-4-6-8-18)20(25)21-13-16-9-11-17(12-10-16)23(2)3/h4-12,14H,13H2,1-3H3,(H,21,25). The topological polar surface area (TPSA) is 50.2 Å². The number of hydrogen-bond donors (Lipinski definition) is 1. The van der Waals surface area contributed by atoms with Crippen molar-refractivity contribution < 1.29 is 4.79 Å². The average molecular weight is 334 g/mol. The number of carbonyl (C=O) groups excluding carboxylic acids is 1. The molecule has 128 valence electrons. The molecule has 3 aromatic rings. The van der Waals surface area contributed by atoms with Gasteiger partial charge in [-0.15, -0.1) is 0 Å². The Morgan fingerprint density at radius 1 is 1.08 bits per heavy atom. The van der Waals surface area contributed by atoms with Crippen LogP contribution in [0.25, 0.3) is 5.69 Å². The molecule has 1 aromatic heterocycles. The third-order valence-corrected chi connectivity index (χ3v) is 4.16. The van der Waals surface area contributed by atoms with Crippen LogP contribution in [-0.4, -0.2) is 29.8 Å². The molecule has 0 fully saturated rings. The summed E-state index contributed by atoms with van der Waals surface area (Å²) in [6, 6.07) is 17.9. The molecular weight excluding hydrogens is 312 g/mol. The number of rotatable bonds is 5. The summed E-state index contributed by atoms with van der Waals surface area (Å²) in [4.78, 5) is 14.5. The normalized spacial score (nSPS) is 10.5. The maximum Gasteiger partial charge on any atom is 0.255 e. The number of amides is 1. The van der Waals surface area contributed by atoms with Gasteiger partial charge in [-0.2, -0.15) is 5.10 Å². The third kappa shape index (κ3) is 3.71. The van der Waals surface area contributed by atoms with E-state index in [0.29, 0.717) is 12.1 Å². The van der Waals surface area contributed by atoms with Crippen LogP contribution in [0.2, 0.25) is 0 Å². The molecule has 0 aliphatic heterocycles. The van der Waals surface area contributed by atoms with Crippen molar-refractivity contribution in [3.05, 3.63) is 77.6 Å². The predicted molar refractivity (Wildman–Crippen MR) is 100 cm³/mol. The predicted octanol–water partition coefficient (Wildman–Crippen LogP) is 3.18. The summed E-state index contributed by atoms with van der Waals surface area (Å²) in [6.07, 6.45) is 1.62. The molecule has 0 aliphatic rings. The Kier molecular flexibility index (Phi) is 4.84. The van der Waals surface area contributed by atoms with Gasteiger partial charge in [0.05, 0.1) is 23.1 Å². The van der Waals surface area contributed by atoms with Crippen molar-refractivity contribution in [2.75, 3.05) is 19.0 Å². The molecular formula is C20H22N4O. The highest BCUT2D eigenvalue weighted by atomic mass is 16.1. The Bertz CT molecular complexity index is 851. The molecule has 0 radical (unpaired) electrons. The number of anilines is 1. The van der Waals surface area contributed by atoms with E-state index in [-0.39, 0.29) is 5.91 Å². The fraction of sp³-hybridized carbons (Fsp3) is 0.200. The second-order valence-corrected chi connectivity index (χ2v) is 6.13. The monoisotopic (exact) mass is 334 g/mol. The molecule has 3 rings (SSSR count). The minimum atomic E-state index is -0.114. The lowest BCUT2D eigenvalue weighted by atomic mass is 10.2. The summed E-state index contributed by atoms with van der Waals surface area (Å²) >= 11 is 0.